The molecule has 1 N–H and O–H groups in total. The number of nitrogens with one attached hydrogen (secondary N) is 1. The molecule has 0 aliphatic carbocycles. The quantitative estimate of drug-likeness (QED) is 0.606. The lowest BCUT2D eigenvalue weighted by Gasteiger charge is -2.07. The largest absolute Gasteiger partial charge is 0.345 e. The van der Waals surface area contributed by atoms with Gasteiger partial charge >= 0.3 is 0 Å². The first-order chi connectivity index (χ1) is 13.1. The summed E-state index contributed by atoms with van der Waals surface area (Å²) in [6.45, 7) is 4.39. The van der Waals surface area contributed by atoms with E-state index in [4.69, 9.17) is 0 Å². The molecular weight excluding hydrogens is 340 g/mol. The van der Waals surface area contributed by atoms with Crippen molar-refractivity contribution >= 4 is 11.6 Å². The zero-order valence-electron chi connectivity index (χ0n) is 15.0. The van der Waals surface area contributed by atoms with Gasteiger partial charge in [0.05, 0.1) is 12.2 Å². The Morgan fingerprint density at radius 1 is 1.00 bits per heavy atom. The highest BCUT2D eigenvalue weighted by molar-refractivity contribution is 5.93. The Morgan fingerprint density at radius 2 is 1.81 bits per heavy atom. The summed E-state index contributed by atoms with van der Waals surface area (Å²) in [6.07, 6.45) is 3.16. The van der Waals surface area contributed by atoms with E-state index < -0.39 is 0 Å². The van der Waals surface area contributed by atoms with Crippen LogP contribution in [-0.2, 0) is 6.54 Å². The Balaban J connectivity index is 1.60. The summed E-state index contributed by atoms with van der Waals surface area (Å²) in [5.41, 5.74) is 5.48. The van der Waals surface area contributed by atoms with Crippen molar-refractivity contribution < 1.29 is 4.79 Å². The van der Waals surface area contributed by atoms with Gasteiger partial charge in [0.15, 0.2) is 11.5 Å². The molecule has 0 saturated heterocycles. The fourth-order valence-corrected chi connectivity index (χ4v) is 2.76. The molecule has 0 bridgehead atoms. The van der Waals surface area contributed by atoms with Crippen LogP contribution in [0.4, 0.5) is 0 Å². The summed E-state index contributed by atoms with van der Waals surface area (Å²) < 4.78 is 1.66. The van der Waals surface area contributed by atoms with Gasteiger partial charge in [-0.15, -0.1) is 10.2 Å². The predicted molar refractivity (Wildman–Crippen MR) is 101 cm³/mol. The highest BCUT2D eigenvalue weighted by atomic mass is 16.1. The average molecular weight is 358 g/mol. The zero-order chi connectivity index (χ0) is 18.8. The number of fused-ring (bicyclic) bond motifs is 1. The molecule has 0 fully saturated rings. The van der Waals surface area contributed by atoms with Gasteiger partial charge in [0.25, 0.3) is 5.91 Å². The summed E-state index contributed by atoms with van der Waals surface area (Å²) >= 11 is 0. The maximum atomic E-state index is 12.2. The van der Waals surface area contributed by atoms with E-state index >= 15 is 0 Å². The summed E-state index contributed by atoms with van der Waals surface area (Å²) in [6, 6.07) is 13.4. The smallest absolute Gasteiger partial charge is 0.251 e. The molecule has 1 amide bonds. The third-order valence-corrected chi connectivity index (χ3v) is 4.48. The van der Waals surface area contributed by atoms with E-state index in [1.165, 1.54) is 11.1 Å². The van der Waals surface area contributed by atoms with Crippen LogP contribution in [0.2, 0.25) is 0 Å². The molecule has 0 radical (unpaired) electrons. The van der Waals surface area contributed by atoms with Crippen LogP contribution in [0.5, 0.6) is 0 Å². The monoisotopic (exact) mass is 358 g/mol. The summed E-state index contributed by atoms with van der Waals surface area (Å²) in [4.78, 5) is 16.1. The van der Waals surface area contributed by atoms with Crippen molar-refractivity contribution in [2.45, 2.75) is 20.4 Å². The Morgan fingerprint density at radius 3 is 2.59 bits per heavy atom. The van der Waals surface area contributed by atoms with Gasteiger partial charge < -0.3 is 5.32 Å². The van der Waals surface area contributed by atoms with E-state index in [-0.39, 0.29) is 12.5 Å². The average Bonchev–Trinajstić information content (AvgIpc) is 3.11. The van der Waals surface area contributed by atoms with E-state index in [0.29, 0.717) is 17.0 Å². The molecule has 7 heteroatoms. The topological polar surface area (TPSA) is 85.1 Å². The lowest BCUT2D eigenvalue weighted by Crippen LogP contribution is -2.24. The van der Waals surface area contributed by atoms with E-state index in [2.05, 4.69) is 51.6 Å². The fraction of sp³-hybridized carbons (Fsp3) is 0.150. The zero-order valence-corrected chi connectivity index (χ0v) is 15.0. The minimum absolute atomic E-state index is 0.195. The van der Waals surface area contributed by atoms with Crippen molar-refractivity contribution in [3.8, 4) is 11.3 Å². The van der Waals surface area contributed by atoms with E-state index in [1.54, 1.807) is 29.0 Å². The van der Waals surface area contributed by atoms with E-state index in [9.17, 15) is 4.79 Å². The van der Waals surface area contributed by atoms with Crippen LogP contribution >= 0.6 is 0 Å². The van der Waals surface area contributed by atoms with Gasteiger partial charge in [-0.1, -0.05) is 12.1 Å². The van der Waals surface area contributed by atoms with Gasteiger partial charge in [-0.3, -0.25) is 9.78 Å². The number of aromatic nitrogens is 5. The first-order valence-electron chi connectivity index (χ1n) is 8.59. The fourth-order valence-electron chi connectivity index (χ4n) is 2.76. The second-order valence-electron chi connectivity index (χ2n) is 6.32. The van der Waals surface area contributed by atoms with Crippen molar-refractivity contribution in [3.05, 3.63) is 77.4 Å². The number of hydrogen-bond acceptors (Lipinski definition) is 5. The molecule has 0 spiro atoms. The van der Waals surface area contributed by atoms with Crippen molar-refractivity contribution in [2.24, 2.45) is 0 Å². The number of aryl methyl sites for hydroxylation is 2. The molecule has 0 atom stereocenters. The van der Waals surface area contributed by atoms with Crippen LogP contribution in [-0.4, -0.2) is 30.7 Å². The predicted octanol–water partition coefficient (Wildman–Crippen LogP) is 2.73. The van der Waals surface area contributed by atoms with E-state index in [0.717, 1.165) is 11.3 Å². The van der Waals surface area contributed by atoms with E-state index in [1.807, 2.05) is 18.2 Å². The number of amides is 1. The van der Waals surface area contributed by atoms with Gasteiger partial charge in [0.1, 0.15) is 0 Å². The van der Waals surface area contributed by atoms with Gasteiger partial charge in [-0.2, -0.15) is 9.61 Å². The summed E-state index contributed by atoms with van der Waals surface area (Å²) in [5, 5.41) is 15.8. The summed E-state index contributed by atoms with van der Waals surface area (Å²) in [7, 11) is 0. The van der Waals surface area contributed by atoms with Gasteiger partial charge in [-0.25, -0.2) is 0 Å². The maximum Gasteiger partial charge on any atom is 0.251 e. The number of nitrogens with zero attached hydrogens (tertiary/aromatic N) is 5. The Hall–Kier alpha value is -3.61. The molecule has 3 heterocycles. The van der Waals surface area contributed by atoms with Crippen LogP contribution in [0.25, 0.3) is 16.9 Å². The molecule has 0 aliphatic heterocycles. The highest BCUT2D eigenvalue weighted by Crippen LogP contribution is 2.20. The van der Waals surface area contributed by atoms with Crippen molar-refractivity contribution in [2.75, 3.05) is 0 Å². The molecule has 4 rings (SSSR count). The number of benzene rings is 1. The number of carbonyl (C=O) groups is 1. The molecule has 3 aromatic heterocycles. The Bertz CT molecular complexity index is 1120. The van der Waals surface area contributed by atoms with Crippen molar-refractivity contribution in [1.82, 2.24) is 30.1 Å². The molecule has 1 aromatic carbocycles. The molecule has 0 saturated carbocycles. The molecule has 7 nitrogen and oxygen atoms in total. The molecule has 134 valence electrons. The molecule has 0 unspecified atom stereocenters. The molecular formula is C20H18N6O. The third-order valence-electron chi connectivity index (χ3n) is 4.48. The van der Waals surface area contributed by atoms with Gasteiger partial charge in [0.2, 0.25) is 0 Å². The number of carbonyl (C=O) groups excluding carboxylic acids is 1. The Kier molecular flexibility index (Phi) is 4.33. The van der Waals surface area contributed by atoms with Gasteiger partial charge in [-0.05, 0) is 55.3 Å². The normalized spacial score (nSPS) is 10.9. The third kappa shape index (κ3) is 3.39. The maximum absolute atomic E-state index is 12.2. The second kappa shape index (κ2) is 6.95. The van der Waals surface area contributed by atoms with Gasteiger partial charge in [0, 0.05) is 23.5 Å². The number of rotatable bonds is 4. The first kappa shape index (κ1) is 16.8. The van der Waals surface area contributed by atoms with Crippen LogP contribution < -0.4 is 5.32 Å². The first-order valence-corrected chi connectivity index (χ1v) is 8.59. The van der Waals surface area contributed by atoms with Crippen LogP contribution in [0, 0.1) is 13.8 Å². The number of pyridine rings is 1. The van der Waals surface area contributed by atoms with Crippen molar-refractivity contribution in [3.63, 3.8) is 0 Å². The lowest BCUT2D eigenvalue weighted by atomic mass is 10.0. The van der Waals surface area contributed by atoms with Crippen LogP contribution in [0.15, 0.2) is 54.9 Å². The Labute approximate surface area is 156 Å². The number of hydrogen-bond donors (Lipinski definition) is 1. The second-order valence-corrected chi connectivity index (χ2v) is 6.32. The minimum Gasteiger partial charge on any atom is -0.345 e. The molecule has 4 aromatic rings. The van der Waals surface area contributed by atoms with Crippen molar-refractivity contribution in [1.29, 1.82) is 0 Å². The van der Waals surface area contributed by atoms with Crippen LogP contribution in [0.3, 0.4) is 0 Å². The molecule has 27 heavy (non-hydrogen) atoms. The standard InChI is InChI=1S/C20H18N6O/c1-13-3-4-16(11-14(13)2)17-5-6-18-23-24-19(26(18)25-17)12-22-20(27)15-7-9-21-10-8-15/h3-11H,12H2,1-2H3,(H,22,27). The summed E-state index contributed by atoms with van der Waals surface area (Å²) in [5.74, 6) is 0.373. The minimum atomic E-state index is -0.195. The highest BCUT2D eigenvalue weighted by Gasteiger charge is 2.11. The SMILES string of the molecule is Cc1ccc(-c2ccc3nnc(CNC(=O)c4ccncc4)n3n2)cc1C. The van der Waals surface area contributed by atoms with Crippen LogP contribution in [0.1, 0.15) is 27.3 Å². The molecule has 0 aliphatic rings. The lowest BCUT2D eigenvalue weighted by molar-refractivity contribution is 0.0949.